The number of aliphatic carboxylic acids is 1. The molecule has 1 aliphatic heterocycles. The van der Waals surface area contributed by atoms with Gasteiger partial charge in [0.05, 0.1) is 18.6 Å². The maximum atomic E-state index is 11.9. The number of carboxylic acid groups (broad SMARTS) is 1. The minimum absolute atomic E-state index is 0.0435. The summed E-state index contributed by atoms with van der Waals surface area (Å²) in [6, 6.07) is -0.797. The Labute approximate surface area is 161 Å². The fourth-order valence-electron chi connectivity index (χ4n) is 3.05. The molecule has 1 fully saturated rings. The zero-order chi connectivity index (χ0) is 20.6. The molecule has 13 heteroatoms. The van der Waals surface area contributed by atoms with Crippen molar-refractivity contribution in [3.05, 3.63) is 16.7 Å². The van der Waals surface area contributed by atoms with Crippen LogP contribution < -0.4 is 22.1 Å². The fourth-order valence-corrected chi connectivity index (χ4v) is 4.74. The lowest BCUT2D eigenvalue weighted by Crippen LogP contribution is -2.68. The number of carbonyl (C=O) groups is 1. The van der Waals surface area contributed by atoms with Crippen LogP contribution >= 0.6 is 0 Å². The molecule has 0 bridgehead atoms. The molecule has 0 radical (unpaired) electrons. The van der Waals surface area contributed by atoms with Crippen LogP contribution in [0.2, 0.25) is 0 Å². The van der Waals surface area contributed by atoms with Gasteiger partial charge in [0, 0.05) is 6.42 Å². The SMILES string of the molecule is C[S+](CC[C@H]([NH3+])C(=O)[O-])C[C@H]1O[C@@H](n2cnc3c(=O)[nH]c(N)nc32)[C@H](O)[C@@H]1O. The van der Waals surface area contributed by atoms with Crippen molar-refractivity contribution in [3.63, 3.8) is 0 Å². The monoisotopic (exact) mass is 415 g/mol. The second kappa shape index (κ2) is 8.05. The number of H-pyrrole nitrogens is 1. The van der Waals surface area contributed by atoms with Crippen LogP contribution in [0.15, 0.2) is 11.1 Å². The highest BCUT2D eigenvalue weighted by Gasteiger charge is 2.46. The molecule has 1 saturated heterocycles. The Hall–Kier alpha value is -2.19. The van der Waals surface area contributed by atoms with E-state index in [1.165, 1.54) is 10.9 Å². The second-order valence-corrected chi connectivity index (χ2v) is 9.08. The first-order valence-corrected chi connectivity index (χ1v) is 10.5. The summed E-state index contributed by atoms with van der Waals surface area (Å²) in [5.41, 5.74) is 8.77. The summed E-state index contributed by atoms with van der Waals surface area (Å²) in [6.45, 7) is 0. The quantitative estimate of drug-likeness (QED) is 0.275. The zero-order valence-corrected chi connectivity index (χ0v) is 16.0. The number of nitrogens with zero attached hydrogens (tertiary/aromatic N) is 3. The Bertz CT molecular complexity index is 918. The summed E-state index contributed by atoms with van der Waals surface area (Å²) in [5.74, 6) is -0.290. The van der Waals surface area contributed by atoms with Crippen LogP contribution in [0, 0.1) is 0 Å². The number of carbonyl (C=O) groups excluding carboxylic acids is 1. The number of fused-ring (bicyclic) bond motifs is 1. The highest BCUT2D eigenvalue weighted by Crippen LogP contribution is 2.31. The van der Waals surface area contributed by atoms with E-state index < -0.39 is 42.1 Å². The Kier molecular flexibility index (Phi) is 5.90. The van der Waals surface area contributed by atoms with Gasteiger partial charge in [0.25, 0.3) is 5.56 Å². The number of aromatic nitrogens is 4. The van der Waals surface area contributed by atoms with Crippen molar-refractivity contribution in [1.82, 2.24) is 19.5 Å². The van der Waals surface area contributed by atoms with Crippen molar-refractivity contribution in [1.29, 1.82) is 0 Å². The number of aliphatic hydroxyl groups is 2. The van der Waals surface area contributed by atoms with Gasteiger partial charge in [0.1, 0.15) is 35.9 Å². The number of aliphatic hydroxyl groups excluding tert-OH is 2. The molecule has 12 nitrogen and oxygen atoms in total. The van der Waals surface area contributed by atoms with E-state index in [4.69, 9.17) is 10.5 Å². The minimum Gasteiger partial charge on any atom is -0.544 e. The van der Waals surface area contributed by atoms with E-state index in [1.807, 2.05) is 6.26 Å². The average molecular weight is 415 g/mol. The molecule has 28 heavy (non-hydrogen) atoms. The molecule has 1 aliphatic rings. The number of hydrogen-bond acceptors (Lipinski definition) is 9. The molecule has 2 aromatic rings. The molecule has 0 aromatic carbocycles. The number of nitrogens with two attached hydrogens (primary N) is 1. The van der Waals surface area contributed by atoms with Crippen LogP contribution in [0.5, 0.6) is 0 Å². The number of aromatic amines is 1. The number of imidazole rings is 1. The molecule has 3 heterocycles. The number of nitrogen functional groups attached to an aromatic ring is 1. The second-order valence-electron chi connectivity index (χ2n) is 6.78. The van der Waals surface area contributed by atoms with E-state index in [2.05, 4.69) is 20.7 Å². The number of carboxylic acids is 1. The summed E-state index contributed by atoms with van der Waals surface area (Å²) < 4.78 is 7.20. The number of ether oxygens (including phenoxy) is 1. The Morgan fingerprint density at radius 1 is 1.54 bits per heavy atom. The van der Waals surface area contributed by atoms with Crippen molar-refractivity contribution in [2.24, 2.45) is 0 Å². The molecule has 0 spiro atoms. The maximum Gasteiger partial charge on any atom is 0.280 e. The fraction of sp³-hybridized carbons (Fsp3) is 0.600. The van der Waals surface area contributed by atoms with E-state index in [-0.39, 0.29) is 28.0 Å². The lowest BCUT2D eigenvalue weighted by atomic mass is 10.1. The third kappa shape index (κ3) is 3.98. The number of anilines is 1. The molecule has 2 aromatic heterocycles. The third-order valence-electron chi connectivity index (χ3n) is 4.66. The smallest absolute Gasteiger partial charge is 0.280 e. The summed E-state index contributed by atoms with van der Waals surface area (Å²) in [5, 5.41) is 31.6. The van der Waals surface area contributed by atoms with Gasteiger partial charge in [-0.2, -0.15) is 4.98 Å². The number of hydrogen-bond donors (Lipinski definition) is 5. The maximum absolute atomic E-state index is 11.9. The first-order valence-electron chi connectivity index (χ1n) is 8.56. The minimum atomic E-state index is -1.26. The molecule has 154 valence electrons. The molecule has 6 atom stereocenters. The van der Waals surface area contributed by atoms with Crippen LogP contribution in [0.1, 0.15) is 12.6 Å². The van der Waals surface area contributed by atoms with E-state index in [9.17, 15) is 24.9 Å². The van der Waals surface area contributed by atoms with Crippen LogP contribution in [-0.4, -0.2) is 77.8 Å². The van der Waals surface area contributed by atoms with E-state index in [1.54, 1.807) is 0 Å². The first kappa shape index (κ1) is 20.5. The normalized spacial score (nSPS) is 27.1. The van der Waals surface area contributed by atoms with E-state index >= 15 is 0 Å². The average Bonchev–Trinajstić information content (AvgIpc) is 3.16. The third-order valence-corrected chi connectivity index (χ3v) is 6.49. The van der Waals surface area contributed by atoms with E-state index in [0.717, 1.165) is 0 Å². The van der Waals surface area contributed by atoms with Gasteiger partial charge in [-0.15, -0.1) is 0 Å². The molecule has 0 aliphatic carbocycles. The Morgan fingerprint density at radius 3 is 2.93 bits per heavy atom. The largest absolute Gasteiger partial charge is 0.544 e. The molecular formula is C15H23N6O6S+. The van der Waals surface area contributed by atoms with Crippen LogP contribution in [-0.2, 0) is 20.4 Å². The van der Waals surface area contributed by atoms with Gasteiger partial charge in [0.15, 0.2) is 17.4 Å². The highest BCUT2D eigenvalue weighted by molar-refractivity contribution is 7.96. The van der Waals surface area contributed by atoms with Gasteiger partial charge in [-0.1, -0.05) is 0 Å². The van der Waals surface area contributed by atoms with Crippen molar-refractivity contribution >= 4 is 34.0 Å². The lowest BCUT2D eigenvalue weighted by Gasteiger charge is -2.16. The van der Waals surface area contributed by atoms with Crippen LogP contribution in [0.4, 0.5) is 5.95 Å². The van der Waals surface area contributed by atoms with Crippen LogP contribution in [0.25, 0.3) is 11.2 Å². The van der Waals surface area contributed by atoms with Crippen molar-refractivity contribution in [2.45, 2.75) is 37.0 Å². The number of quaternary nitrogens is 1. The standard InChI is InChI=1S/C15H22N6O6S/c1-28(3-2-6(16)14(25)26)4-7-9(22)10(23)13(27-7)21-5-18-8-11(21)19-15(17)20-12(8)24/h5-7,9-10,13,22-23H,2-4,16H2,1H3,(H3-,17,19,20,24,25,26)/p+1/t6-,7+,9+,10+,13+,28?/m0/s1. The van der Waals surface area contributed by atoms with Gasteiger partial charge < -0.3 is 36.3 Å². The molecule has 0 saturated carbocycles. The summed E-state index contributed by atoms with van der Waals surface area (Å²) in [6.07, 6.45) is -0.496. The zero-order valence-electron chi connectivity index (χ0n) is 15.1. The number of nitrogens with one attached hydrogen (secondary N) is 1. The van der Waals surface area contributed by atoms with Gasteiger partial charge in [0.2, 0.25) is 5.95 Å². The molecule has 0 amide bonds. The Morgan fingerprint density at radius 2 is 2.25 bits per heavy atom. The van der Waals surface area contributed by atoms with Gasteiger partial charge >= 0.3 is 0 Å². The van der Waals surface area contributed by atoms with Crippen LogP contribution in [0.3, 0.4) is 0 Å². The highest BCUT2D eigenvalue weighted by atomic mass is 32.2. The lowest BCUT2D eigenvalue weighted by molar-refractivity contribution is -0.437. The topological polar surface area (TPSA) is 207 Å². The summed E-state index contributed by atoms with van der Waals surface area (Å²) in [7, 11) is -0.272. The van der Waals surface area contributed by atoms with Crippen molar-refractivity contribution in [3.8, 4) is 0 Å². The van der Waals surface area contributed by atoms with Gasteiger partial charge in [-0.25, -0.2) is 4.98 Å². The predicted molar refractivity (Wildman–Crippen MR) is 97.8 cm³/mol. The van der Waals surface area contributed by atoms with Gasteiger partial charge in [-0.05, 0) is 10.9 Å². The van der Waals surface area contributed by atoms with Crippen molar-refractivity contribution in [2.75, 3.05) is 23.5 Å². The Balaban J connectivity index is 1.72. The summed E-state index contributed by atoms with van der Waals surface area (Å²) in [4.78, 5) is 33.0. The summed E-state index contributed by atoms with van der Waals surface area (Å²) >= 11 is 0. The molecule has 3 rings (SSSR count). The van der Waals surface area contributed by atoms with Crippen molar-refractivity contribution < 1.29 is 30.6 Å². The first-order chi connectivity index (χ1) is 13.2. The molecular weight excluding hydrogens is 392 g/mol. The molecule has 1 unspecified atom stereocenters. The van der Waals surface area contributed by atoms with E-state index in [0.29, 0.717) is 17.9 Å². The predicted octanol–water partition coefficient (Wildman–Crippen LogP) is -4.68. The van der Waals surface area contributed by atoms with Gasteiger partial charge in [-0.3, -0.25) is 14.3 Å². The number of rotatable bonds is 7. The molecule has 8 N–H and O–H groups in total.